The first-order chi connectivity index (χ1) is 6.63. The van der Waals surface area contributed by atoms with Crippen LogP contribution in [0.4, 0.5) is 5.69 Å². The van der Waals surface area contributed by atoms with Crippen molar-refractivity contribution >= 4 is 21.6 Å². The summed E-state index contributed by atoms with van der Waals surface area (Å²) in [6.07, 6.45) is -0.376. The SMILES string of the molecule is COc1ccc(Br)cc1NC[C@H](C)O. The van der Waals surface area contributed by atoms with Crippen LogP contribution in [-0.4, -0.2) is 24.9 Å². The van der Waals surface area contributed by atoms with Crippen LogP contribution in [0.5, 0.6) is 5.75 Å². The molecule has 2 N–H and O–H groups in total. The third-order valence-electron chi connectivity index (χ3n) is 1.75. The number of rotatable bonds is 4. The van der Waals surface area contributed by atoms with Crippen molar-refractivity contribution in [2.45, 2.75) is 13.0 Å². The van der Waals surface area contributed by atoms with E-state index >= 15 is 0 Å². The molecule has 0 radical (unpaired) electrons. The van der Waals surface area contributed by atoms with Crippen molar-refractivity contribution in [1.82, 2.24) is 0 Å². The zero-order chi connectivity index (χ0) is 10.6. The van der Waals surface area contributed by atoms with Gasteiger partial charge >= 0.3 is 0 Å². The summed E-state index contributed by atoms with van der Waals surface area (Å²) in [5.74, 6) is 0.772. The molecule has 0 aliphatic carbocycles. The van der Waals surface area contributed by atoms with E-state index in [0.717, 1.165) is 15.9 Å². The van der Waals surface area contributed by atoms with Crippen molar-refractivity contribution in [2.24, 2.45) is 0 Å². The van der Waals surface area contributed by atoms with E-state index in [4.69, 9.17) is 9.84 Å². The summed E-state index contributed by atoms with van der Waals surface area (Å²) < 4.78 is 6.15. The predicted molar refractivity (Wildman–Crippen MR) is 60.9 cm³/mol. The quantitative estimate of drug-likeness (QED) is 0.872. The van der Waals surface area contributed by atoms with Gasteiger partial charge in [0, 0.05) is 11.0 Å². The molecule has 0 aromatic heterocycles. The van der Waals surface area contributed by atoms with Crippen molar-refractivity contribution in [3.8, 4) is 5.75 Å². The van der Waals surface area contributed by atoms with Crippen LogP contribution in [0.25, 0.3) is 0 Å². The Hall–Kier alpha value is -0.740. The van der Waals surface area contributed by atoms with Gasteiger partial charge in [-0.15, -0.1) is 0 Å². The van der Waals surface area contributed by atoms with Crippen LogP contribution in [0.2, 0.25) is 0 Å². The summed E-state index contributed by atoms with van der Waals surface area (Å²) in [4.78, 5) is 0. The Bertz CT molecular complexity index is 302. The summed E-state index contributed by atoms with van der Waals surface area (Å²) >= 11 is 3.37. The second-order valence-electron chi connectivity index (χ2n) is 3.07. The van der Waals surface area contributed by atoms with E-state index in [1.807, 2.05) is 18.2 Å². The highest BCUT2D eigenvalue weighted by Gasteiger charge is 2.03. The van der Waals surface area contributed by atoms with E-state index in [0.29, 0.717) is 6.54 Å². The molecular formula is C10H14BrNO2. The largest absolute Gasteiger partial charge is 0.495 e. The van der Waals surface area contributed by atoms with Crippen LogP contribution in [-0.2, 0) is 0 Å². The van der Waals surface area contributed by atoms with Gasteiger partial charge in [-0.25, -0.2) is 0 Å². The molecule has 0 saturated heterocycles. The molecule has 0 bridgehead atoms. The van der Waals surface area contributed by atoms with Crippen LogP contribution in [0, 0.1) is 0 Å². The van der Waals surface area contributed by atoms with Gasteiger partial charge < -0.3 is 15.2 Å². The third kappa shape index (κ3) is 3.20. The minimum absolute atomic E-state index is 0.376. The molecule has 0 aliphatic rings. The Morgan fingerprint density at radius 1 is 1.57 bits per heavy atom. The number of nitrogens with one attached hydrogen (secondary N) is 1. The van der Waals surface area contributed by atoms with Crippen LogP contribution in [0.1, 0.15) is 6.92 Å². The van der Waals surface area contributed by atoms with Crippen molar-refractivity contribution in [2.75, 3.05) is 19.0 Å². The van der Waals surface area contributed by atoms with Gasteiger partial charge in [0.15, 0.2) is 0 Å². The molecule has 14 heavy (non-hydrogen) atoms. The van der Waals surface area contributed by atoms with Gasteiger partial charge in [0.05, 0.1) is 18.9 Å². The average molecular weight is 260 g/mol. The Labute approximate surface area is 92.2 Å². The number of benzene rings is 1. The summed E-state index contributed by atoms with van der Waals surface area (Å²) in [6, 6.07) is 5.70. The van der Waals surface area contributed by atoms with Crippen molar-refractivity contribution in [1.29, 1.82) is 0 Å². The Kier molecular flexibility index (Phi) is 4.22. The fourth-order valence-electron chi connectivity index (χ4n) is 1.08. The van der Waals surface area contributed by atoms with E-state index in [1.54, 1.807) is 14.0 Å². The van der Waals surface area contributed by atoms with Crippen molar-refractivity contribution in [3.05, 3.63) is 22.7 Å². The molecule has 1 aromatic carbocycles. The number of methoxy groups -OCH3 is 1. The minimum atomic E-state index is -0.376. The number of halogens is 1. The average Bonchev–Trinajstić information content (AvgIpc) is 2.15. The Morgan fingerprint density at radius 2 is 2.29 bits per heavy atom. The molecule has 78 valence electrons. The van der Waals surface area contributed by atoms with Gasteiger partial charge in [0.2, 0.25) is 0 Å². The molecule has 0 spiro atoms. The van der Waals surface area contributed by atoms with E-state index < -0.39 is 0 Å². The topological polar surface area (TPSA) is 41.5 Å². The van der Waals surface area contributed by atoms with Crippen molar-refractivity contribution in [3.63, 3.8) is 0 Å². The lowest BCUT2D eigenvalue weighted by atomic mass is 10.3. The molecule has 1 rings (SSSR count). The standard InChI is InChI=1S/C10H14BrNO2/c1-7(13)6-12-9-5-8(11)3-4-10(9)14-2/h3-5,7,12-13H,6H2,1-2H3/t7-/m0/s1. The fraction of sp³-hybridized carbons (Fsp3) is 0.400. The van der Waals surface area contributed by atoms with Crippen LogP contribution < -0.4 is 10.1 Å². The Morgan fingerprint density at radius 3 is 2.86 bits per heavy atom. The second kappa shape index (κ2) is 5.22. The summed E-state index contributed by atoms with van der Waals surface area (Å²) in [5.41, 5.74) is 0.878. The normalized spacial score (nSPS) is 12.3. The molecule has 0 amide bonds. The number of aliphatic hydroxyl groups excluding tert-OH is 1. The first-order valence-corrected chi connectivity index (χ1v) is 5.18. The lowest BCUT2D eigenvalue weighted by Crippen LogP contribution is -2.15. The van der Waals surface area contributed by atoms with Gasteiger partial charge in [-0.2, -0.15) is 0 Å². The van der Waals surface area contributed by atoms with E-state index in [-0.39, 0.29) is 6.10 Å². The third-order valence-corrected chi connectivity index (χ3v) is 2.24. The second-order valence-corrected chi connectivity index (χ2v) is 3.99. The highest BCUT2D eigenvalue weighted by Crippen LogP contribution is 2.27. The van der Waals surface area contributed by atoms with E-state index in [9.17, 15) is 0 Å². The van der Waals surface area contributed by atoms with Crippen LogP contribution >= 0.6 is 15.9 Å². The molecule has 1 atom stereocenters. The van der Waals surface area contributed by atoms with Gasteiger partial charge in [0.25, 0.3) is 0 Å². The lowest BCUT2D eigenvalue weighted by molar-refractivity contribution is 0.208. The number of hydrogen-bond donors (Lipinski definition) is 2. The van der Waals surface area contributed by atoms with Crippen LogP contribution in [0.3, 0.4) is 0 Å². The predicted octanol–water partition coefficient (Wildman–Crippen LogP) is 2.25. The number of hydrogen-bond acceptors (Lipinski definition) is 3. The van der Waals surface area contributed by atoms with Crippen LogP contribution in [0.15, 0.2) is 22.7 Å². The van der Waals surface area contributed by atoms with Gasteiger partial charge in [-0.05, 0) is 25.1 Å². The molecule has 3 nitrogen and oxygen atoms in total. The highest BCUT2D eigenvalue weighted by molar-refractivity contribution is 9.10. The first kappa shape index (κ1) is 11.3. The monoisotopic (exact) mass is 259 g/mol. The molecule has 4 heteroatoms. The molecule has 0 saturated carbocycles. The number of aliphatic hydroxyl groups is 1. The van der Waals surface area contributed by atoms with Gasteiger partial charge in [-0.3, -0.25) is 0 Å². The molecule has 0 unspecified atom stereocenters. The van der Waals surface area contributed by atoms with Gasteiger partial charge in [0.1, 0.15) is 5.75 Å². The highest BCUT2D eigenvalue weighted by atomic mass is 79.9. The minimum Gasteiger partial charge on any atom is -0.495 e. The number of ether oxygens (including phenoxy) is 1. The zero-order valence-corrected chi connectivity index (χ0v) is 9.84. The zero-order valence-electron chi connectivity index (χ0n) is 8.25. The smallest absolute Gasteiger partial charge is 0.142 e. The molecule has 0 aliphatic heterocycles. The van der Waals surface area contributed by atoms with E-state index in [1.165, 1.54) is 0 Å². The summed E-state index contributed by atoms with van der Waals surface area (Å²) in [5, 5.41) is 12.2. The maximum atomic E-state index is 9.13. The molecule has 0 heterocycles. The van der Waals surface area contributed by atoms with Crippen molar-refractivity contribution < 1.29 is 9.84 Å². The fourth-order valence-corrected chi connectivity index (χ4v) is 1.44. The molecular weight excluding hydrogens is 246 g/mol. The maximum absolute atomic E-state index is 9.13. The summed E-state index contributed by atoms with van der Waals surface area (Å²) in [7, 11) is 1.62. The summed E-state index contributed by atoms with van der Waals surface area (Å²) in [6.45, 7) is 2.24. The molecule has 0 fully saturated rings. The molecule has 1 aromatic rings. The van der Waals surface area contributed by atoms with E-state index in [2.05, 4.69) is 21.2 Å². The maximum Gasteiger partial charge on any atom is 0.142 e. The Balaban J connectivity index is 2.77. The first-order valence-electron chi connectivity index (χ1n) is 4.39. The lowest BCUT2D eigenvalue weighted by Gasteiger charge is -2.12. The van der Waals surface area contributed by atoms with Gasteiger partial charge in [-0.1, -0.05) is 15.9 Å². The number of anilines is 1.